The average molecular weight is 254 g/mol. The van der Waals surface area contributed by atoms with Gasteiger partial charge < -0.3 is 4.74 Å². The summed E-state index contributed by atoms with van der Waals surface area (Å²) in [5.41, 5.74) is -1.48. The molecule has 0 atom stereocenters. The summed E-state index contributed by atoms with van der Waals surface area (Å²) in [7, 11) is 0. The topological polar surface area (TPSA) is 26.3 Å². The molecule has 0 spiro atoms. The highest BCUT2D eigenvalue weighted by molar-refractivity contribution is 5.97. The van der Waals surface area contributed by atoms with Gasteiger partial charge in [0.1, 0.15) is 6.61 Å². The van der Waals surface area contributed by atoms with Crippen LogP contribution in [0.25, 0.3) is 0 Å². The van der Waals surface area contributed by atoms with Gasteiger partial charge in [-0.3, -0.25) is 4.79 Å². The largest absolute Gasteiger partial charge is 0.374 e. The zero-order valence-electron chi connectivity index (χ0n) is 8.62. The fraction of sp³-hybridized carbons (Fsp3) is 0.300. The van der Waals surface area contributed by atoms with E-state index in [4.69, 9.17) is 0 Å². The number of ether oxygens (including phenoxy) is 1. The Bertz CT molecular complexity index is 429. The third-order valence-corrected chi connectivity index (χ3v) is 1.93. The molecule has 0 aliphatic heterocycles. The summed E-state index contributed by atoms with van der Waals surface area (Å²) in [4.78, 5) is 11.2. The van der Waals surface area contributed by atoms with Crippen LogP contribution in [0, 0.1) is 29.1 Å². The van der Waals surface area contributed by atoms with Crippen molar-refractivity contribution < 1.29 is 31.5 Å². The first-order chi connectivity index (χ1) is 7.91. The number of hydrogen-bond acceptors (Lipinski definition) is 2. The smallest absolute Gasteiger partial charge is 0.200 e. The fourth-order valence-corrected chi connectivity index (χ4v) is 1.12. The monoisotopic (exact) mass is 254 g/mol. The second kappa shape index (κ2) is 5.22. The van der Waals surface area contributed by atoms with E-state index in [1.165, 1.54) is 6.92 Å². The average Bonchev–Trinajstić information content (AvgIpc) is 2.31. The van der Waals surface area contributed by atoms with Crippen LogP contribution in [0.4, 0.5) is 22.0 Å². The van der Waals surface area contributed by atoms with Crippen molar-refractivity contribution in [2.45, 2.75) is 6.92 Å². The number of hydrogen-bond donors (Lipinski definition) is 0. The molecule has 1 aromatic rings. The van der Waals surface area contributed by atoms with Crippen LogP contribution in [0.5, 0.6) is 0 Å². The predicted molar refractivity (Wildman–Crippen MR) is 47.1 cm³/mol. The first-order valence-electron chi connectivity index (χ1n) is 4.54. The minimum Gasteiger partial charge on any atom is -0.374 e. The van der Waals surface area contributed by atoms with E-state index in [1.54, 1.807) is 0 Å². The Morgan fingerprint density at radius 2 is 1.35 bits per heavy atom. The molecule has 1 aromatic carbocycles. The van der Waals surface area contributed by atoms with E-state index in [9.17, 15) is 26.7 Å². The van der Waals surface area contributed by atoms with Gasteiger partial charge in [-0.2, -0.15) is 0 Å². The molecule has 7 heteroatoms. The van der Waals surface area contributed by atoms with Crippen molar-refractivity contribution in [3.8, 4) is 0 Å². The Kier molecular flexibility index (Phi) is 4.17. The summed E-state index contributed by atoms with van der Waals surface area (Å²) in [6, 6.07) is 0. The lowest BCUT2D eigenvalue weighted by Gasteiger charge is -2.07. The summed E-state index contributed by atoms with van der Waals surface area (Å²) in [5.74, 6) is -12.2. The van der Waals surface area contributed by atoms with Crippen molar-refractivity contribution in [2.24, 2.45) is 0 Å². The van der Waals surface area contributed by atoms with Gasteiger partial charge >= 0.3 is 0 Å². The van der Waals surface area contributed by atoms with E-state index in [0.717, 1.165) is 0 Å². The molecule has 0 aromatic heterocycles. The quantitative estimate of drug-likeness (QED) is 0.357. The third kappa shape index (κ3) is 2.44. The van der Waals surface area contributed by atoms with Crippen LogP contribution in [0.3, 0.4) is 0 Å². The molecule has 0 saturated carbocycles. The Morgan fingerprint density at radius 3 is 1.76 bits per heavy atom. The lowest BCUT2D eigenvalue weighted by molar-refractivity contribution is 0.0772. The number of benzene rings is 1. The first-order valence-corrected chi connectivity index (χ1v) is 4.54. The maximum atomic E-state index is 13.1. The van der Waals surface area contributed by atoms with Crippen molar-refractivity contribution in [3.05, 3.63) is 34.6 Å². The molecule has 1 rings (SSSR count). The van der Waals surface area contributed by atoms with E-state index < -0.39 is 47.0 Å². The standard InChI is InChI=1S/C10H7F5O2/c1-2-17-3-4(16)5-6(11)8(13)10(15)9(14)7(5)12/h2-3H2,1H3. The van der Waals surface area contributed by atoms with Crippen LogP contribution in [-0.4, -0.2) is 19.0 Å². The molecule has 0 fully saturated rings. The van der Waals surface area contributed by atoms with Gasteiger partial charge in [-0.25, -0.2) is 22.0 Å². The van der Waals surface area contributed by atoms with Gasteiger partial charge in [0.2, 0.25) is 5.82 Å². The maximum absolute atomic E-state index is 13.1. The SMILES string of the molecule is CCOCC(=O)c1c(F)c(F)c(F)c(F)c1F. The molecule has 0 amide bonds. The molecule has 94 valence electrons. The van der Waals surface area contributed by atoms with Gasteiger partial charge in [-0.05, 0) is 6.92 Å². The van der Waals surface area contributed by atoms with Crippen molar-refractivity contribution in [2.75, 3.05) is 13.2 Å². The van der Waals surface area contributed by atoms with Crippen LogP contribution in [0.1, 0.15) is 17.3 Å². The van der Waals surface area contributed by atoms with E-state index in [2.05, 4.69) is 4.74 Å². The van der Waals surface area contributed by atoms with Gasteiger partial charge in [0.15, 0.2) is 29.1 Å². The lowest BCUT2D eigenvalue weighted by atomic mass is 10.1. The maximum Gasteiger partial charge on any atom is 0.200 e. The molecule has 0 radical (unpaired) electrons. The van der Waals surface area contributed by atoms with Crippen molar-refractivity contribution in [3.63, 3.8) is 0 Å². The second-order valence-electron chi connectivity index (χ2n) is 3.01. The van der Waals surface area contributed by atoms with Crippen LogP contribution in [0.2, 0.25) is 0 Å². The minimum absolute atomic E-state index is 0.0706. The number of Topliss-reactive ketones (excluding diaryl/α,β-unsaturated/α-hetero) is 1. The van der Waals surface area contributed by atoms with Gasteiger partial charge in [0, 0.05) is 6.61 Å². The molecular formula is C10H7F5O2. The van der Waals surface area contributed by atoms with Crippen molar-refractivity contribution >= 4 is 5.78 Å². The van der Waals surface area contributed by atoms with E-state index in [-0.39, 0.29) is 6.61 Å². The molecule has 17 heavy (non-hydrogen) atoms. The van der Waals surface area contributed by atoms with Crippen molar-refractivity contribution in [1.29, 1.82) is 0 Å². The lowest BCUT2D eigenvalue weighted by Crippen LogP contribution is -2.17. The summed E-state index contributed by atoms with van der Waals surface area (Å²) in [5, 5.41) is 0. The van der Waals surface area contributed by atoms with Gasteiger partial charge in [-0.15, -0.1) is 0 Å². The normalized spacial score (nSPS) is 10.7. The third-order valence-electron chi connectivity index (χ3n) is 1.93. The van der Waals surface area contributed by atoms with E-state index >= 15 is 0 Å². The highest BCUT2D eigenvalue weighted by Crippen LogP contribution is 2.23. The number of halogens is 5. The van der Waals surface area contributed by atoms with Crippen molar-refractivity contribution in [1.82, 2.24) is 0 Å². The molecule has 0 saturated heterocycles. The highest BCUT2D eigenvalue weighted by atomic mass is 19.2. The van der Waals surface area contributed by atoms with Gasteiger partial charge in [0.05, 0.1) is 5.56 Å². The summed E-state index contributed by atoms with van der Waals surface area (Å²) < 4.78 is 68.8. The summed E-state index contributed by atoms with van der Waals surface area (Å²) >= 11 is 0. The molecule has 0 bridgehead atoms. The van der Waals surface area contributed by atoms with E-state index in [0.29, 0.717) is 0 Å². The Labute approximate surface area is 93.0 Å². The highest BCUT2D eigenvalue weighted by Gasteiger charge is 2.29. The molecule has 2 nitrogen and oxygen atoms in total. The van der Waals surface area contributed by atoms with Gasteiger partial charge in [-0.1, -0.05) is 0 Å². The molecular weight excluding hydrogens is 247 g/mol. The number of rotatable bonds is 4. The molecule has 0 unspecified atom stereocenters. The number of ketones is 1. The molecule has 0 aliphatic carbocycles. The number of carbonyl (C=O) groups excluding carboxylic acids is 1. The van der Waals surface area contributed by atoms with Crippen LogP contribution in [0.15, 0.2) is 0 Å². The Hall–Kier alpha value is -1.50. The van der Waals surface area contributed by atoms with Gasteiger partial charge in [0.25, 0.3) is 0 Å². The summed E-state index contributed by atoms with van der Waals surface area (Å²) in [6.07, 6.45) is 0. The minimum atomic E-state index is -2.30. The van der Waals surface area contributed by atoms with Crippen LogP contribution < -0.4 is 0 Å². The number of carbonyl (C=O) groups is 1. The van der Waals surface area contributed by atoms with E-state index in [1.807, 2.05) is 0 Å². The first kappa shape index (κ1) is 13.6. The van der Waals surface area contributed by atoms with Crippen LogP contribution >= 0.6 is 0 Å². The molecule has 0 heterocycles. The van der Waals surface area contributed by atoms with Crippen LogP contribution in [-0.2, 0) is 4.74 Å². The zero-order valence-corrected chi connectivity index (χ0v) is 8.62. The fourth-order valence-electron chi connectivity index (χ4n) is 1.12. The second-order valence-corrected chi connectivity index (χ2v) is 3.01. The molecule has 0 aliphatic rings. The zero-order chi connectivity index (χ0) is 13.2. The Morgan fingerprint density at radius 1 is 0.941 bits per heavy atom. The predicted octanol–water partition coefficient (Wildman–Crippen LogP) is 2.60. The molecule has 0 N–H and O–H groups in total. The Balaban J connectivity index is 3.29. The summed E-state index contributed by atoms with van der Waals surface area (Å²) in [6.45, 7) is 0.821.